The maximum atomic E-state index is 14.5. The number of aliphatic hydroxyl groups is 1. The highest BCUT2D eigenvalue weighted by Crippen LogP contribution is 2.37. The molecule has 4 N–H and O–H groups in total. The zero-order valence-electron chi connectivity index (χ0n) is 74.1. The molecule has 2 bridgehead atoms. The van der Waals surface area contributed by atoms with Gasteiger partial charge in [0.2, 0.25) is 23.6 Å². The zero-order chi connectivity index (χ0) is 88.8. The Morgan fingerprint density at radius 1 is 0.693 bits per heavy atom. The summed E-state index contributed by atoms with van der Waals surface area (Å²) in [6.45, 7) is 18.6. The van der Waals surface area contributed by atoms with Crippen molar-refractivity contribution in [3.05, 3.63) is 149 Å². The number of piperazine rings is 2. The average molecular weight is 1740 g/mol. The number of esters is 1. The van der Waals surface area contributed by atoms with Crippen LogP contribution in [0.1, 0.15) is 182 Å². The predicted molar refractivity (Wildman–Crippen MR) is 477 cm³/mol. The lowest BCUT2D eigenvalue weighted by molar-refractivity contribution is -0.167. The lowest BCUT2D eigenvalue weighted by Crippen LogP contribution is -2.54. The number of allylic oxidation sites excluding steroid dienone is 6. The van der Waals surface area contributed by atoms with Gasteiger partial charge in [-0.05, 0) is 156 Å². The van der Waals surface area contributed by atoms with Crippen LogP contribution in [0.3, 0.4) is 0 Å². The molecule has 32 heteroatoms. The van der Waals surface area contributed by atoms with Crippen LogP contribution in [0, 0.1) is 23.7 Å². The Bertz CT molecular complexity index is 5220. The Balaban J connectivity index is 0.462. The van der Waals surface area contributed by atoms with Crippen LogP contribution in [-0.2, 0) is 84.9 Å². The first-order chi connectivity index (χ1) is 61.5. The van der Waals surface area contributed by atoms with Gasteiger partial charge in [0.25, 0.3) is 11.8 Å². The van der Waals surface area contributed by atoms with Crippen molar-refractivity contribution in [2.75, 3.05) is 114 Å². The number of carbonyl (C=O) groups excluding carboxylic acids is 8. The first kappa shape index (κ1) is 90.7. The maximum absolute atomic E-state index is 14.5. The number of nitrogens with zero attached hydrogens (tertiary/aromatic N) is 16. The van der Waals surface area contributed by atoms with Crippen LogP contribution < -0.4 is 15.5 Å². The second kappa shape index (κ2) is 42.2. The number of ketones is 3. The number of Topliss-reactive ketones (excluding diaryl/α,β-unsaturated/α-hetero) is 3. The fourth-order valence-electron chi connectivity index (χ4n) is 19.1. The first-order valence-corrected chi connectivity index (χ1v) is 45.7. The molecule has 4 saturated heterocycles. The molecular formula is C95H122N18O14. The first-order valence-electron chi connectivity index (χ1n) is 45.7. The molecule has 2 unspecified atom stereocenters. The van der Waals surface area contributed by atoms with Gasteiger partial charge >= 0.3 is 12.1 Å². The van der Waals surface area contributed by atoms with E-state index in [1.54, 1.807) is 56.7 Å². The van der Waals surface area contributed by atoms with E-state index in [2.05, 4.69) is 62.8 Å². The molecule has 5 fully saturated rings. The number of nitrogen functional groups attached to an aromatic ring is 1. The van der Waals surface area contributed by atoms with Gasteiger partial charge in [-0.15, -0.1) is 0 Å². The van der Waals surface area contributed by atoms with Gasteiger partial charge < -0.3 is 68.9 Å². The highest BCUT2D eigenvalue weighted by Gasteiger charge is 2.43. The molecule has 6 aromatic heterocycles. The molecule has 127 heavy (non-hydrogen) atoms. The van der Waals surface area contributed by atoms with E-state index in [0.29, 0.717) is 208 Å². The third-order valence-electron chi connectivity index (χ3n) is 26.8. The number of pyridine rings is 1. The number of H-pyrrole nitrogens is 1. The number of nitrogens with two attached hydrogens (primary N) is 1. The highest BCUT2D eigenvalue weighted by molar-refractivity contribution is 6.38. The van der Waals surface area contributed by atoms with E-state index in [1.807, 2.05) is 84.0 Å². The number of hydrogen-bond donors (Lipinski definition) is 3. The summed E-state index contributed by atoms with van der Waals surface area (Å²) in [5.41, 5.74) is 16.3. The molecule has 8 aliphatic rings. The van der Waals surface area contributed by atoms with Gasteiger partial charge in [-0.3, -0.25) is 33.7 Å². The quantitative estimate of drug-likeness (QED) is 0.0330. The SMILES string of the molecule is CO[C@H]1CC2CCCC(O2)C(=O)C(=O)N2CCCC[C@H]2C(=O)O[C@H](CC[C@H]2CC[C@H](OC(=O)N3CCc4nc(N5CCN(C(=O)CCOCCN6CCN(c7ncc(C(=O)N8CCc9cc(Cn%10nc(-c%11cnc%12[nH]ccc%12c%11)c%11c(N)ncnc%11%10)ccc9C8)cn7)CC6)CC5)ncc4C3)CC2)CC(=O)[C@H](C)/C=C(\C)[C@@H](O)CC(=O)[C@H](C)C[C@H](C)/C=C/C=C/C=C/1C. The van der Waals surface area contributed by atoms with Crippen LogP contribution in [-0.4, -0.2) is 268 Å². The molecule has 0 spiro atoms. The molecule has 0 radical (unpaired) electrons. The van der Waals surface area contributed by atoms with Crippen LogP contribution in [0.5, 0.6) is 0 Å². The lowest BCUT2D eigenvalue weighted by Gasteiger charge is -2.36. The summed E-state index contributed by atoms with van der Waals surface area (Å²) >= 11 is 0. The normalized spacial score (nSPS) is 26.5. The fourth-order valence-corrected chi connectivity index (χ4v) is 19.1. The highest BCUT2D eigenvalue weighted by atomic mass is 16.6. The van der Waals surface area contributed by atoms with Crippen LogP contribution in [0.4, 0.5) is 22.5 Å². The van der Waals surface area contributed by atoms with Crippen molar-refractivity contribution < 1.29 is 67.1 Å². The van der Waals surface area contributed by atoms with Crippen molar-refractivity contribution in [2.45, 2.75) is 219 Å². The molecule has 1 aromatic carbocycles. The number of aromatic nitrogens is 10. The third-order valence-corrected chi connectivity index (χ3v) is 26.8. The molecule has 9 atom stereocenters. The minimum Gasteiger partial charge on any atom is -0.460 e. The number of cyclic esters (lactones) is 1. The number of aromatic amines is 1. The largest absolute Gasteiger partial charge is 0.460 e. The Kier molecular flexibility index (Phi) is 30.2. The summed E-state index contributed by atoms with van der Waals surface area (Å²) in [6.07, 6.45) is 26.8. The Labute approximate surface area is 741 Å². The van der Waals surface area contributed by atoms with Gasteiger partial charge in [0.1, 0.15) is 59.4 Å². The number of rotatable bonds is 17. The number of piperidine rings is 1. The van der Waals surface area contributed by atoms with Crippen LogP contribution >= 0.6 is 0 Å². The minimum absolute atomic E-state index is 0.0439. The number of carbonyl (C=O) groups is 8. The van der Waals surface area contributed by atoms with E-state index < -0.39 is 54.0 Å². The van der Waals surface area contributed by atoms with E-state index in [-0.39, 0.29) is 85.3 Å². The summed E-state index contributed by atoms with van der Waals surface area (Å²) in [5, 5.41) is 17.9. The Morgan fingerprint density at radius 3 is 2.27 bits per heavy atom. The number of anilines is 3. The number of amides is 4. The van der Waals surface area contributed by atoms with Crippen molar-refractivity contribution >= 4 is 86.9 Å². The van der Waals surface area contributed by atoms with E-state index >= 15 is 0 Å². The zero-order valence-corrected chi connectivity index (χ0v) is 74.1. The molecule has 676 valence electrons. The van der Waals surface area contributed by atoms with Gasteiger partial charge in [-0.1, -0.05) is 75.4 Å². The summed E-state index contributed by atoms with van der Waals surface area (Å²) in [5.74, 6) is -1.68. The minimum atomic E-state index is -1.09. The molecular weight excluding hydrogens is 1620 g/mol. The second-order valence-electron chi connectivity index (χ2n) is 35.9. The molecule has 32 nitrogen and oxygen atoms in total. The van der Waals surface area contributed by atoms with Crippen molar-refractivity contribution in [1.82, 2.24) is 74.2 Å². The van der Waals surface area contributed by atoms with Gasteiger partial charge in [-0.25, -0.2) is 49.2 Å². The molecule has 7 aliphatic heterocycles. The van der Waals surface area contributed by atoms with Gasteiger partial charge in [0, 0.05) is 177 Å². The topological polar surface area (TPSA) is 375 Å². The van der Waals surface area contributed by atoms with Crippen molar-refractivity contribution in [3.8, 4) is 11.3 Å². The molecule has 13 heterocycles. The Morgan fingerprint density at radius 2 is 1.46 bits per heavy atom. The predicted octanol–water partition coefficient (Wildman–Crippen LogP) is 10.3. The maximum Gasteiger partial charge on any atom is 0.410 e. The van der Waals surface area contributed by atoms with Crippen molar-refractivity contribution in [1.29, 1.82) is 0 Å². The van der Waals surface area contributed by atoms with Gasteiger partial charge in [0.15, 0.2) is 5.65 Å². The molecule has 4 amide bonds. The fraction of sp³-hybridized carbons (Fsp3) is 0.558. The number of benzene rings is 1. The third kappa shape index (κ3) is 22.7. The average Bonchev–Trinajstić information content (AvgIpc) is 1.59. The Hall–Kier alpha value is -11.1. The van der Waals surface area contributed by atoms with Crippen LogP contribution in [0.2, 0.25) is 0 Å². The van der Waals surface area contributed by atoms with Crippen molar-refractivity contribution in [3.63, 3.8) is 0 Å². The number of fused-ring (bicyclic) bond motifs is 7. The van der Waals surface area contributed by atoms with Gasteiger partial charge in [0.05, 0.1) is 67.7 Å². The van der Waals surface area contributed by atoms with E-state index in [0.717, 1.165) is 90.1 Å². The molecule has 1 saturated carbocycles. The van der Waals surface area contributed by atoms with Crippen LogP contribution in [0.15, 0.2) is 115 Å². The molecule has 1 aliphatic carbocycles. The second-order valence-corrected chi connectivity index (χ2v) is 35.9. The van der Waals surface area contributed by atoms with E-state index in [9.17, 15) is 43.5 Å². The van der Waals surface area contributed by atoms with E-state index in [1.165, 1.54) is 16.8 Å². The van der Waals surface area contributed by atoms with Gasteiger partial charge in [-0.2, -0.15) is 5.10 Å². The smallest absolute Gasteiger partial charge is 0.410 e. The monoisotopic (exact) mass is 1740 g/mol. The molecule has 7 aromatic rings. The van der Waals surface area contributed by atoms with Crippen LogP contribution in [0.25, 0.3) is 33.3 Å². The summed E-state index contributed by atoms with van der Waals surface area (Å²) in [6, 6.07) is 9.32. The van der Waals surface area contributed by atoms with E-state index in [4.69, 9.17) is 44.5 Å². The number of ether oxygens (including phenoxy) is 5. The number of hydrogen-bond acceptors (Lipinski definition) is 26. The number of aliphatic hydroxyl groups excluding tert-OH is 1. The summed E-state index contributed by atoms with van der Waals surface area (Å²) < 4.78 is 32.6. The summed E-state index contributed by atoms with van der Waals surface area (Å²) in [7, 11) is 1.64. The standard InChI is InChI=1S/C95H122N18O14/c1-60-13-8-7-9-14-61(2)82(123-6)50-74-15-12-17-81(125-74)86(118)91(120)112-31-11-10-16-77(112)92(121)126-75(49-78(114)63(4)46-64(5)80(116)51-79(115)62(3)45-60)25-21-65-19-23-73(24-20-65)127-95(122)111-33-28-76-72(58-111)55-101-94(104-76)109-40-38-107(39-41-109)83(117)29-43-124-44-42-106-34-36-108(37-35-106)93-99-53-71(54-100-93)90(119)110-32-27-67-47-66(18-22-69(67)57-110)56-113-89-84(87(96)102-59-103-89)85(105-113)70-48-68-26-30-97-88(68)98-52-70/h7-9,13-14,18,22,26,30,46-48,52-55,59-60,62-63,65,73-75,77,80-82,116H,10-12,15-17,19-21,23-25,27-29,31-45,49-51,56-58H2,1-6H3,(H,97,98)(H2,96,102,103)/b9-7+,13-8+,61-14+,64-46+/t60-,62-,63-,65-,73-,74?,75-,77+,80+,81?,82+/m1/s1. The number of nitrogens with one attached hydrogen (secondary N) is 1. The van der Waals surface area contributed by atoms with Crippen molar-refractivity contribution in [2.24, 2.45) is 23.7 Å². The lowest BCUT2D eigenvalue weighted by atomic mass is 9.83. The molecule has 15 rings (SSSR count). The summed E-state index contributed by atoms with van der Waals surface area (Å²) in [4.78, 5) is 161. The number of methoxy groups -OCH3 is 1.